The summed E-state index contributed by atoms with van der Waals surface area (Å²) in [6.07, 6.45) is 3.87. The van der Waals surface area contributed by atoms with Crippen molar-refractivity contribution in [3.63, 3.8) is 0 Å². The first-order chi connectivity index (χ1) is 5.05. The number of hydrogen-bond acceptors (Lipinski definition) is 2. The van der Waals surface area contributed by atoms with Gasteiger partial charge in [0.2, 0.25) is 9.05 Å². The van der Waals surface area contributed by atoms with E-state index in [1.165, 1.54) is 0 Å². The van der Waals surface area contributed by atoms with Crippen molar-refractivity contribution in [3.8, 4) is 0 Å². The fourth-order valence-corrected chi connectivity index (χ4v) is 3.52. The summed E-state index contributed by atoms with van der Waals surface area (Å²) in [4.78, 5) is 0. The Bertz CT molecular complexity index is 219. The summed E-state index contributed by atoms with van der Waals surface area (Å²) in [5.41, 5.74) is 0. The summed E-state index contributed by atoms with van der Waals surface area (Å²) < 4.78 is 21.9. The Morgan fingerprint density at radius 2 is 2.09 bits per heavy atom. The lowest BCUT2D eigenvalue weighted by Gasteiger charge is -2.30. The zero-order valence-corrected chi connectivity index (χ0v) is 8.16. The molecule has 1 rings (SSSR count). The minimum Gasteiger partial charge on any atom is -0.212 e. The van der Waals surface area contributed by atoms with Gasteiger partial charge < -0.3 is 0 Å². The van der Waals surface area contributed by atoms with Crippen LogP contribution in [0.4, 0.5) is 0 Å². The molecular weight excluding hydrogens is 184 g/mol. The standard InChI is InChI=1S/C7H13ClO2S/c1-2-7(11(8,9)10)6-4-3-5-6/h6-7H,2-5H2,1H3. The highest BCUT2D eigenvalue weighted by molar-refractivity contribution is 8.14. The number of halogens is 1. The van der Waals surface area contributed by atoms with Gasteiger partial charge in [-0.05, 0) is 25.2 Å². The van der Waals surface area contributed by atoms with Crippen LogP contribution in [0.25, 0.3) is 0 Å². The lowest BCUT2D eigenvalue weighted by Crippen LogP contribution is -2.30. The van der Waals surface area contributed by atoms with Crippen molar-refractivity contribution >= 4 is 19.7 Å². The molecule has 4 heteroatoms. The van der Waals surface area contributed by atoms with Crippen LogP contribution in [0.1, 0.15) is 32.6 Å². The van der Waals surface area contributed by atoms with Gasteiger partial charge in [0.05, 0.1) is 5.25 Å². The van der Waals surface area contributed by atoms with Crippen LogP contribution in [0.2, 0.25) is 0 Å². The highest BCUT2D eigenvalue weighted by Crippen LogP contribution is 2.35. The second-order valence-corrected chi connectivity index (χ2v) is 5.96. The van der Waals surface area contributed by atoms with Crippen molar-refractivity contribution in [1.82, 2.24) is 0 Å². The Morgan fingerprint density at radius 1 is 1.55 bits per heavy atom. The van der Waals surface area contributed by atoms with Crippen LogP contribution in [0, 0.1) is 5.92 Å². The molecule has 2 nitrogen and oxygen atoms in total. The van der Waals surface area contributed by atoms with E-state index < -0.39 is 9.05 Å². The fourth-order valence-electron chi connectivity index (χ4n) is 1.57. The van der Waals surface area contributed by atoms with E-state index in [2.05, 4.69) is 0 Å². The zero-order chi connectivity index (χ0) is 8.48. The predicted molar refractivity (Wildman–Crippen MR) is 46.2 cm³/mol. The van der Waals surface area contributed by atoms with Gasteiger partial charge in [-0.25, -0.2) is 8.42 Å². The van der Waals surface area contributed by atoms with Crippen molar-refractivity contribution in [1.29, 1.82) is 0 Å². The summed E-state index contributed by atoms with van der Waals surface area (Å²) in [7, 11) is 1.98. The van der Waals surface area contributed by atoms with Gasteiger partial charge in [-0.1, -0.05) is 13.3 Å². The number of rotatable bonds is 3. The average molecular weight is 197 g/mol. The lowest BCUT2D eigenvalue weighted by atomic mass is 9.82. The van der Waals surface area contributed by atoms with E-state index in [1.54, 1.807) is 0 Å². The Balaban J connectivity index is 2.63. The second kappa shape index (κ2) is 3.31. The van der Waals surface area contributed by atoms with Crippen LogP contribution in [0.5, 0.6) is 0 Å². The van der Waals surface area contributed by atoms with E-state index in [9.17, 15) is 8.42 Å². The van der Waals surface area contributed by atoms with Gasteiger partial charge in [-0.3, -0.25) is 0 Å². The minimum absolute atomic E-state index is 0.294. The molecule has 0 aliphatic heterocycles. The third kappa shape index (κ3) is 2.09. The molecule has 11 heavy (non-hydrogen) atoms. The highest BCUT2D eigenvalue weighted by atomic mass is 35.7. The molecule has 1 atom stereocenters. The summed E-state index contributed by atoms with van der Waals surface area (Å²) in [5, 5.41) is -0.294. The van der Waals surface area contributed by atoms with Gasteiger partial charge in [0, 0.05) is 10.7 Å². The topological polar surface area (TPSA) is 34.1 Å². The first kappa shape index (κ1) is 9.33. The maximum Gasteiger partial charge on any atom is 0.235 e. The normalized spacial score (nSPS) is 22.7. The lowest BCUT2D eigenvalue weighted by molar-refractivity contribution is 0.296. The van der Waals surface area contributed by atoms with E-state index in [4.69, 9.17) is 10.7 Å². The van der Waals surface area contributed by atoms with Gasteiger partial charge in [-0.15, -0.1) is 0 Å². The predicted octanol–water partition coefficient (Wildman–Crippen LogP) is 2.13. The first-order valence-corrected chi connectivity index (χ1v) is 6.36. The molecule has 0 aromatic rings. The average Bonchev–Trinajstić information content (AvgIpc) is 1.74. The molecule has 1 fully saturated rings. The van der Waals surface area contributed by atoms with Crippen molar-refractivity contribution in [3.05, 3.63) is 0 Å². The van der Waals surface area contributed by atoms with Crippen molar-refractivity contribution in [2.45, 2.75) is 37.9 Å². The van der Waals surface area contributed by atoms with Crippen LogP contribution in [-0.4, -0.2) is 13.7 Å². The Kier molecular flexibility index (Phi) is 2.81. The van der Waals surface area contributed by atoms with E-state index in [-0.39, 0.29) is 5.25 Å². The molecule has 0 bridgehead atoms. The molecule has 1 saturated carbocycles. The second-order valence-electron chi connectivity index (χ2n) is 3.11. The quantitative estimate of drug-likeness (QED) is 0.649. The SMILES string of the molecule is CCC(C1CCC1)S(=O)(=O)Cl. The highest BCUT2D eigenvalue weighted by Gasteiger charge is 2.34. The minimum atomic E-state index is -3.30. The Labute approximate surface area is 72.4 Å². The Hall–Kier alpha value is 0.240. The molecule has 66 valence electrons. The fraction of sp³-hybridized carbons (Fsp3) is 1.00. The molecule has 1 unspecified atom stereocenters. The molecule has 1 aliphatic carbocycles. The molecule has 0 N–H and O–H groups in total. The van der Waals surface area contributed by atoms with Crippen LogP contribution in [0.15, 0.2) is 0 Å². The first-order valence-electron chi connectivity index (χ1n) is 3.99. The molecule has 0 saturated heterocycles. The summed E-state index contributed by atoms with van der Waals surface area (Å²) in [6.45, 7) is 1.88. The third-order valence-corrected chi connectivity index (χ3v) is 4.57. The van der Waals surface area contributed by atoms with Crippen molar-refractivity contribution < 1.29 is 8.42 Å². The van der Waals surface area contributed by atoms with Crippen LogP contribution in [-0.2, 0) is 9.05 Å². The van der Waals surface area contributed by atoms with Crippen LogP contribution >= 0.6 is 10.7 Å². The molecular formula is C7H13ClO2S. The van der Waals surface area contributed by atoms with Gasteiger partial charge >= 0.3 is 0 Å². The summed E-state index contributed by atoms with van der Waals surface area (Å²) in [6, 6.07) is 0. The van der Waals surface area contributed by atoms with Gasteiger partial charge in [-0.2, -0.15) is 0 Å². The molecule has 0 aromatic heterocycles. The van der Waals surface area contributed by atoms with E-state index >= 15 is 0 Å². The summed E-state index contributed by atoms with van der Waals surface area (Å²) in [5.74, 6) is 0.336. The monoisotopic (exact) mass is 196 g/mol. The maximum atomic E-state index is 11.0. The molecule has 0 amide bonds. The van der Waals surface area contributed by atoms with Crippen molar-refractivity contribution in [2.24, 2.45) is 5.92 Å². The van der Waals surface area contributed by atoms with E-state index in [1.807, 2.05) is 6.92 Å². The van der Waals surface area contributed by atoms with E-state index in [0.717, 1.165) is 19.3 Å². The molecule has 1 aliphatic rings. The molecule has 0 radical (unpaired) electrons. The van der Waals surface area contributed by atoms with Crippen LogP contribution < -0.4 is 0 Å². The maximum absolute atomic E-state index is 11.0. The third-order valence-electron chi connectivity index (χ3n) is 2.44. The number of hydrogen-bond donors (Lipinski definition) is 0. The van der Waals surface area contributed by atoms with Crippen LogP contribution in [0.3, 0.4) is 0 Å². The largest absolute Gasteiger partial charge is 0.235 e. The molecule has 0 aromatic carbocycles. The smallest absolute Gasteiger partial charge is 0.212 e. The summed E-state index contributed by atoms with van der Waals surface area (Å²) >= 11 is 0. The van der Waals surface area contributed by atoms with Gasteiger partial charge in [0.1, 0.15) is 0 Å². The zero-order valence-electron chi connectivity index (χ0n) is 6.59. The Morgan fingerprint density at radius 3 is 2.18 bits per heavy atom. The van der Waals surface area contributed by atoms with Gasteiger partial charge in [0.15, 0.2) is 0 Å². The van der Waals surface area contributed by atoms with Crippen molar-refractivity contribution in [2.75, 3.05) is 0 Å². The van der Waals surface area contributed by atoms with Gasteiger partial charge in [0.25, 0.3) is 0 Å². The molecule has 0 heterocycles. The van der Waals surface area contributed by atoms with E-state index in [0.29, 0.717) is 12.3 Å². The molecule has 0 spiro atoms.